The lowest BCUT2D eigenvalue weighted by atomic mass is 10.0. The lowest BCUT2D eigenvalue weighted by molar-refractivity contribution is -0.124. The predicted octanol–water partition coefficient (Wildman–Crippen LogP) is 3.01. The molecule has 0 bridgehead atoms. The minimum absolute atomic E-state index is 0.0907. The molecule has 154 valence electrons. The molecule has 2 heterocycles. The molecule has 1 aromatic rings. The average molecular weight is 426 g/mol. The van der Waals surface area contributed by atoms with Gasteiger partial charge in [-0.2, -0.15) is 0 Å². The fourth-order valence-corrected chi connectivity index (χ4v) is 4.84. The first-order valence-electron chi connectivity index (χ1n) is 9.78. The summed E-state index contributed by atoms with van der Waals surface area (Å²) in [5.74, 6) is 0.307. The van der Waals surface area contributed by atoms with E-state index in [1.807, 2.05) is 6.07 Å². The van der Waals surface area contributed by atoms with Crippen molar-refractivity contribution in [3.05, 3.63) is 23.2 Å². The van der Waals surface area contributed by atoms with Crippen molar-refractivity contribution in [1.29, 1.82) is 0 Å². The van der Waals surface area contributed by atoms with E-state index < -0.39 is 5.25 Å². The van der Waals surface area contributed by atoms with Gasteiger partial charge in [0, 0.05) is 42.0 Å². The third-order valence-corrected chi connectivity index (χ3v) is 6.48. The van der Waals surface area contributed by atoms with Crippen molar-refractivity contribution < 1.29 is 14.3 Å². The monoisotopic (exact) mass is 425 g/mol. The molecular formula is C20H28ClN3O3S. The third kappa shape index (κ3) is 5.86. The van der Waals surface area contributed by atoms with E-state index in [0.29, 0.717) is 29.2 Å². The second-order valence-electron chi connectivity index (χ2n) is 7.68. The topological polar surface area (TPSA) is 70.7 Å². The summed E-state index contributed by atoms with van der Waals surface area (Å²) in [4.78, 5) is 28.2. The highest BCUT2D eigenvalue weighted by atomic mass is 35.5. The Morgan fingerprint density at radius 3 is 2.86 bits per heavy atom. The molecule has 2 unspecified atom stereocenters. The predicted molar refractivity (Wildman–Crippen MR) is 113 cm³/mol. The number of morpholine rings is 1. The third-order valence-electron chi connectivity index (χ3n) is 4.97. The molecule has 8 heteroatoms. The minimum atomic E-state index is -0.430. The highest BCUT2D eigenvalue weighted by Gasteiger charge is 2.30. The Labute approximate surface area is 175 Å². The van der Waals surface area contributed by atoms with Crippen LogP contribution in [0.3, 0.4) is 0 Å². The van der Waals surface area contributed by atoms with E-state index >= 15 is 0 Å². The summed E-state index contributed by atoms with van der Waals surface area (Å²) in [6.07, 6.45) is 1.18. The highest BCUT2D eigenvalue weighted by Crippen LogP contribution is 2.38. The van der Waals surface area contributed by atoms with E-state index in [2.05, 4.69) is 29.4 Å². The maximum absolute atomic E-state index is 12.5. The van der Waals surface area contributed by atoms with Gasteiger partial charge in [-0.25, -0.2) is 0 Å². The average Bonchev–Trinajstić information content (AvgIpc) is 2.66. The second-order valence-corrected chi connectivity index (χ2v) is 9.36. The molecule has 2 N–H and O–H groups in total. The van der Waals surface area contributed by atoms with Crippen LogP contribution in [0.25, 0.3) is 0 Å². The molecule has 0 aliphatic carbocycles. The van der Waals surface area contributed by atoms with E-state index in [-0.39, 0.29) is 18.2 Å². The van der Waals surface area contributed by atoms with Crippen molar-refractivity contribution in [1.82, 2.24) is 10.2 Å². The van der Waals surface area contributed by atoms with Gasteiger partial charge in [0.05, 0.1) is 24.2 Å². The number of ether oxygens (including phenoxy) is 1. The Balaban J connectivity index is 1.53. The molecule has 28 heavy (non-hydrogen) atoms. The van der Waals surface area contributed by atoms with Crippen LogP contribution < -0.4 is 10.6 Å². The molecule has 2 aliphatic rings. The molecule has 2 atom stereocenters. The summed E-state index contributed by atoms with van der Waals surface area (Å²) >= 11 is 7.40. The van der Waals surface area contributed by atoms with Crippen LogP contribution in [0.1, 0.15) is 26.7 Å². The van der Waals surface area contributed by atoms with Gasteiger partial charge in [-0.15, -0.1) is 11.8 Å². The van der Waals surface area contributed by atoms with E-state index in [1.165, 1.54) is 11.8 Å². The number of halogens is 1. The lowest BCUT2D eigenvalue weighted by Gasteiger charge is -2.35. The van der Waals surface area contributed by atoms with E-state index in [4.69, 9.17) is 16.3 Å². The first-order valence-corrected chi connectivity index (χ1v) is 11.0. The van der Waals surface area contributed by atoms with E-state index in [1.54, 1.807) is 12.1 Å². The maximum Gasteiger partial charge on any atom is 0.238 e. The standard InChI is InChI=1S/C20H28ClN3O3S/c1-13(2)9-15(24-5-7-27-8-6-24)12-22-19(25)11-18-20(26)23-16-10-14(21)3-4-17(16)28-18/h3-4,10,13,15,18H,5-9,11-12H2,1-2H3,(H,22,25)(H,23,26). The molecule has 2 amide bonds. The van der Waals surface area contributed by atoms with Crippen molar-refractivity contribution in [2.75, 3.05) is 38.2 Å². The zero-order valence-corrected chi connectivity index (χ0v) is 17.9. The summed E-state index contributed by atoms with van der Waals surface area (Å²) in [6.45, 7) is 8.27. The van der Waals surface area contributed by atoms with Gasteiger partial charge in [0.15, 0.2) is 0 Å². The number of benzene rings is 1. The fourth-order valence-electron chi connectivity index (χ4n) is 3.58. The van der Waals surface area contributed by atoms with Gasteiger partial charge in [0.1, 0.15) is 0 Å². The molecule has 1 fully saturated rings. The van der Waals surface area contributed by atoms with Gasteiger partial charge >= 0.3 is 0 Å². The largest absolute Gasteiger partial charge is 0.379 e. The number of thioether (sulfide) groups is 1. The van der Waals surface area contributed by atoms with Crippen molar-refractivity contribution in [3.8, 4) is 0 Å². The zero-order valence-electron chi connectivity index (χ0n) is 16.4. The number of carbonyl (C=O) groups is 2. The number of hydrogen-bond donors (Lipinski definition) is 2. The Morgan fingerprint density at radius 1 is 1.39 bits per heavy atom. The molecule has 0 radical (unpaired) electrons. The first kappa shape index (κ1) is 21.4. The zero-order chi connectivity index (χ0) is 20.1. The van der Waals surface area contributed by atoms with Crippen LogP contribution in [-0.4, -0.2) is 60.9 Å². The molecule has 0 spiro atoms. The summed E-state index contributed by atoms with van der Waals surface area (Å²) in [6, 6.07) is 5.70. The lowest BCUT2D eigenvalue weighted by Crippen LogP contribution is -2.49. The van der Waals surface area contributed by atoms with Crippen LogP contribution in [0.2, 0.25) is 5.02 Å². The van der Waals surface area contributed by atoms with Gasteiger partial charge in [0.2, 0.25) is 11.8 Å². The Morgan fingerprint density at radius 2 is 2.14 bits per heavy atom. The normalized spacial score (nSPS) is 21.1. The van der Waals surface area contributed by atoms with Crippen LogP contribution in [0.5, 0.6) is 0 Å². The summed E-state index contributed by atoms with van der Waals surface area (Å²) in [5, 5.41) is 6.05. The number of hydrogen-bond acceptors (Lipinski definition) is 5. The minimum Gasteiger partial charge on any atom is -0.379 e. The summed E-state index contributed by atoms with van der Waals surface area (Å²) in [7, 11) is 0. The van der Waals surface area contributed by atoms with Crippen LogP contribution in [-0.2, 0) is 14.3 Å². The SMILES string of the molecule is CC(C)CC(CNC(=O)CC1Sc2ccc(Cl)cc2NC1=O)N1CCOCC1. The second kappa shape index (κ2) is 9.96. The summed E-state index contributed by atoms with van der Waals surface area (Å²) < 4.78 is 5.44. The van der Waals surface area contributed by atoms with E-state index in [9.17, 15) is 9.59 Å². The molecule has 0 saturated carbocycles. The maximum atomic E-state index is 12.5. The fraction of sp³-hybridized carbons (Fsp3) is 0.600. The van der Waals surface area contributed by atoms with Crippen molar-refractivity contribution in [2.45, 2.75) is 42.9 Å². The van der Waals surface area contributed by atoms with Crippen molar-refractivity contribution >= 4 is 40.9 Å². The number of amides is 2. The van der Waals surface area contributed by atoms with Crippen LogP contribution in [0.15, 0.2) is 23.1 Å². The van der Waals surface area contributed by atoms with Crippen molar-refractivity contribution in [2.24, 2.45) is 5.92 Å². The number of carbonyl (C=O) groups excluding carboxylic acids is 2. The number of anilines is 1. The van der Waals surface area contributed by atoms with Gasteiger partial charge in [-0.3, -0.25) is 14.5 Å². The molecule has 0 aromatic heterocycles. The van der Waals surface area contributed by atoms with Crippen LogP contribution >= 0.6 is 23.4 Å². The van der Waals surface area contributed by atoms with Crippen molar-refractivity contribution in [3.63, 3.8) is 0 Å². The van der Waals surface area contributed by atoms with Gasteiger partial charge < -0.3 is 15.4 Å². The number of rotatable bonds is 7. The molecule has 1 saturated heterocycles. The highest BCUT2D eigenvalue weighted by molar-refractivity contribution is 8.01. The molecule has 2 aliphatic heterocycles. The Bertz CT molecular complexity index is 710. The van der Waals surface area contributed by atoms with E-state index in [0.717, 1.165) is 37.6 Å². The van der Waals surface area contributed by atoms with Gasteiger partial charge in [-0.05, 0) is 30.5 Å². The van der Waals surface area contributed by atoms with Crippen LogP contribution in [0.4, 0.5) is 5.69 Å². The van der Waals surface area contributed by atoms with Gasteiger partial charge in [-0.1, -0.05) is 25.4 Å². The molecule has 6 nitrogen and oxygen atoms in total. The number of fused-ring (bicyclic) bond motifs is 1. The first-order chi connectivity index (χ1) is 13.4. The summed E-state index contributed by atoms with van der Waals surface area (Å²) in [5.41, 5.74) is 0.712. The molecular weight excluding hydrogens is 398 g/mol. The van der Waals surface area contributed by atoms with Crippen LogP contribution in [0, 0.1) is 5.92 Å². The quantitative estimate of drug-likeness (QED) is 0.702. The number of nitrogens with one attached hydrogen (secondary N) is 2. The Hall–Kier alpha value is -1.28. The number of nitrogens with zero attached hydrogens (tertiary/aromatic N) is 1. The molecule has 1 aromatic carbocycles. The molecule has 3 rings (SSSR count). The smallest absolute Gasteiger partial charge is 0.238 e. The van der Waals surface area contributed by atoms with Gasteiger partial charge in [0.25, 0.3) is 0 Å². The Kier molecular flexibility index (Phi) is 7.62.